The minimum Gasteiger partial charge on any atom is -0.480 e. The van der Waals surface area contributed by atoms with Gasteiger partial charge in [-0.1, -0.05) is 13.8 Å². The summed E-state index contributed by atoms with van der Waals surface area (Å²) in [7, 11) is 0. The predicted octanol–water partition coefficient (Wildman–Crippen LogP) is 1.63. The lowest BCUT2D eigenvalue weighted by atomic mass is 9.77. The summed E-state index contributed by atoms with van der Waals surface area (Å²) in [5.74, 6) is -0.585. The smallest absolute Gasteiger partial charge is 0.320 e. The van der Waals surface area contributed by atoms with Crippen LogP contribution in [0, 0.1) is 5.92 Å². The molecule has 1 atom stereocenters. The number of carbonyl (C=O) groups is 1. The van der Waals surface area contributed by atoms with Crippen molar-refractivity contribution in [2.24, 2.45) is 5.92 Å². The highest BCUT2D eigenvalue weighted by Crippen LogP contribution is 2.32. The molecule has 0 saturated heterocycles. The van der Waals surface area contributed by atoms with Gasteiger partial charge in [0, 0.05) is 5.54 Å². The summed E-state index contributed by atoms with van der Waals surface area (Å²) in [6, 6.07) is -0.398. The molecule has 1 rings (SSSR count). The highest BCUT2D eigenvalue weighted by Gasteiger charge is 2.36. The molecule has 0 radical (unpaired) electrons. The molecule has 0 aromatic rings. The van der Waals surface area contributed by atoms with Crippen molar-refractivity contribution in [3.05, 3.63) is 0 Å². The van der Waals surface area contributed by atoms with E-state index in [1.54, 1.807) is 0 Å². The molecule has 1 aliphatic carbocycles. The van der Waals surface area contributed by atoms with Gasteiger partial charge < -0.3 is 5.11 Å². The van der Waals surface area contributed by atoms with Gasteiger partial charge in [-0.15, -0.1) is 0 Å². The maximum atomic E-state index is 10.9. The van der Waals surface area contributed by atoms with Crippen LogP contribution in [0.2, 0.25) is 0 Å². The Bertz CT molecular complexity index is 197. The van der Waals surface area contributed by atoms with Gasteiger partial charge in [-0.25, -0.2) is 0 Å². The molecule has 3 nitrogen and oxygen atoms in total. The van der Waals surface area contributed by atoms with E-state index in [2.05, 4.69) is 12.2 Å². The quantitative estimate of drug-likeness (QED) is 0.700. The molecule has 0 spiro atoms. The van der Waals surface area contributed by atoms with Crippen molar-refractivity contribution in [3.8, 4) is 0 Å². The standard InChI is InChI=1S/C10H19NO2/c1-7(2)8(9(12)13)11-10(3)5-4-6-10/h7-8,11H,4-6H2,1-3H3,(H,12,13). The van der Waals surface area contributed by atoms with Gasteiger partial charge in [0.15, 0.2) is 0 Å². The van der Waals surface area contributed by atoms with Gasteiger partial charge in [0.25, 0.3) is 0 Å². The van der Waals surface area contributed by atoms with Crippen LogP contribution >= 0.6 is 0 Å². The van der Waals surface area contributed by atoms with Gasteiger partial charge in [0.05, 0.1) is 0 Å². The fraction of sp³-hybridized carbons (Fsp3) is 0.900. The molecule has 1 fully saturated rings. The Kier molecular flexibility index (Phi) is 2.96. The largest absolute Gasteiger partial charge is 0.480 e. The second-order valence-corrected chi connectivity index (χ2v) is 4.62. The highest BCUT2D eigenvalue weighted by atomic mass is 16.4. The summed E-state index contributed by atoms with van der Waals surface area (Å²) in [5, 5.41) is 12.2. The Morgan fingerprint density at radius 1 is 1.46 bits per heavy atom. The maximum absolute atomic E-state index is 10.9. The molecule has 1 aliphatic rings. The Hall–Kier alpha value is -0.570. The topological polar surface area (TPSA) is 49.3 Å². The Morgan fingerprint density at radius 3 is 2.23 bits per heavy atom. The van der Waals surface area contributed by atoms with Gasteiger partial charge in [-0.2, -0.15) is 0 Å². The number of carboxylic acids is 1. The third-order valence-corrected chi connectivity index (χ3v) is 2.89. The van der Waals surface area contributed by atoms with E-state index in [1.165, 1.54) is 6.42 Å². The molecule has 3 heteroatoms. The van der Waals surface area contributed by atoms with Crippen molar-refractivity contribution in [3.63, 3.8) is 0 Å². The summed E-state index contributed by atoms with van der Waals surface area (Å²) in [6.07, 6.45) is 3.42. The van der Waals surface area contributed by atoms with E-state index in [9.17, 15) is 4.79 Å². The van der Waals surface area contributed by atoms with Gasteiger partial charge >= 0.3 is 5.97 Å². The summed E-state index contributed by atoms with van der Waals surface area (Å²) in [6.45, 7) is 5.98. The van der Waals surface area contributed by atoms with E-state index in [-0.39, 0.29) is 11.5 Å². The van der Waals surface area contributed by atoms with E-state index < -0.39 is 12.0 Å². The van der Waals surface area contributed by atoms with Crippen LogP contribution in [0.15, 0.2) is 0 Å². The number of carboxylic acid groups (broad SMARTS) is 1. The van der Waals surface area contributed by atoms with Crippen molar-refractivity contribution in [1.82, 2.24) is 5.32 Å². The minimum atomic E-state index is -0.733. The summed E-state index contributed by atoms with van der Waals surface area (Å²) in [4.78, 5) is 10.9. The Morgan fingerprint density at radius 2 is 2.00 bits per heavy atom. The van der Waals surface area contributed by atoms with Crippen LogP contribution in [-0.4, -0.2) is 22.7 Å². The SMILES string of the molecule is CC(C)C(NC1(C)CCC1)C(=O)O. The third kappa shape index (κ3) is 2.44. The first-order chi connectivity index (χ1) is 5.94. The van der Waals surface area contributed by atoms with Crippen molar-refractivity contribution in [2.75, 3.05) is 0 Å². The van der Waals surface area contributed by atoms with Gasteiger partial charge in [0.2, 0.25) is 0 Å². The molecular weight excluding hydrogens is 166 g/mol. The zero-order valence-corrected chi connectivity index (χ0v) is 8.63. The fourth-order valence-corrected chi connectivity index (χ4v) is 1.74. The van der Waals surface area contributed by atoms with Crippen LogP contribution < -0.4 is 5.32 Å². The van der Waals surface area contributed by atoms with E-state index >= 15 is 0 Å². The first kappa shape index (κ1) is 10.5. The predicted molar refractivity (Wildman–Crippen MR) is 51.7 cm³/mol. The van der Waals surface area contributed by atoms with Crippen molar-refractivity contribution < 1.29 is 9.90 Å². The number of hydrogen-bond acceptors (Lipinski definition) is 2. The van der Waals surface area contributed by atoms with Crippen LogP contribution in [-0.2, 0) is 4.79 Å². The first-order valence-corrected chi connectivity index (χ1v) is 4.95. The number of hydrogen-bond donors (Lipinski definition) is 2. The summed E-state index contributed by atoms with van der Waals surface area (Å²) >= 11 is 0. The molecule has 1 unspecified atom stereocenters. The molecular formula is C10H19NO2. The second kappa shape index (κ2) is 3.66. The molecule has 1 saturated carbocycles. The van der Waals surface area contributed by atoms with Crippen molar-refractivity contribution in [1.29, 1.82) is 0 Å². The molecule has 0 aromatic heterocycles. The highest BCUT2D eigenvalue weighted by molar-refractivity contribution is 5.73. The molecule has 2 N–H and O–H groups in total. The number of nitrogens with one attached hydrogen (secondary N) is 1. The lowest BCUT2D eigenvalue weighted by Gasteiger charge is -2.42. The molecule has 0 aliphatic heterocycles. The van der Waals surface area contributed by atoms with Crippen LogP contribution in [0.25, 0.3) is 0 Å². The zero-order chi connectivity index (χ0) is 10.1. The molecule has 0 heterocycles. The van der Waals surface area contributed by atoms with Gasteiger partial charge in [-0.3, -0.25) is 10.1 Å². The molecule has 0 bridgehead atoms. The third-order valence-electron chi connectivity index (χ3n) is 2.89. The summed E-state index contributed by atoms with van der Waals surface area (Å²) in [5.41, 5.74) is 0.0767. The van der Waals surface area contributed by atoms with E-state index in [4.69, 9.17) is 5.11 Å². The monoisotopic (exact) mass is 185 g/mol. The molecule has 76 valence electrons. The molecule has 0 aromatic carbocycles. The number of aliphatic carboxylic acids is 1. The second-order valence-electron chi connectivity index (χ2n) is 4.62. The Labute approximate surface area is 79.5 Å². The van der Waals surface area contributed by atoms with E-state index in [0.29, 0.717) is 0 Å². The average Bonchev–Trinajstić information content (AvgIpc) is 1.95. The van der Waals surface area contributed by atoms with Crippen LogP contribution in [0.3, 0.4) is 0 Å². The fourth-order valence-electron chi connectivity index (χ4n) is 1.74. The van der Waals surface area contributed by atoms with Crippen LogP contribution in [0.4, 0.5) is 0 Å². The van der Waals surface area contributed by atoms with E-state index in [1.807, 2.05) is 13.8 Å². The minimum absolute atomic E-state index is 0.0767. The average molecular weight is 185 g/mol. The zero-order valence-electron chi connectivity index (χ0n) is 8.63. The summed E-state index contributed by atoms with van der Waals surface area (Å²) < 4.78 is 0. The van der Waals surface area contributed by atoms with Gasteiger partial charge in [0.1, 0.15) is 6.04 Å². The van der Waals surface area contributed by atoms with Crippen molar-refractivity contribution in [2.45, 2.75) is 51.6 Å². The normalized spacial score (nSPS) is 22.5. The molecule has 13 heavy (non-hydrogen) atoms. The van der Waals surface area contributed by atoms with Crippen LogP contribution in [0.5, 0.6) is 0 Å². The lowest BCUT2D eigenvalue weighted by Crippen LogP contribution is -2.56. The first-order valence-electron chi connectivity index (χ1n) is 4.95. The maximum Gasteiger partial charge on any atom is 0.320 e. The number of rotatable bonds is 4. The molecule has 0 amide bonds. The lowest BCUT2D eigenvalue weighted by molar-refractivity contribution is -0.141. The van der Waals surface area contributed by atoms with E-state index in [0.717, 1.165) is 12.8 Å². The van der Waals surface area contributed by atoms with Crippen LogP contribution in [0.1, 0.15) is 40.0 Å². The van der Waals surface area contributed by atoms with Gasteiger partial charge in [-0.05, 0) is 32.1 Å². The van der Waals surface area contributed by atoms with Crippen molar-refractivity contribution >= 4 is 5.97 Å². The Balaban J connectivity index is 2.52.